The third kappa shape index (κ3) is 4.13. The van der Waals surface area contributed by atoms with Gasteiger partial charge in [0.1, 0.15) is 5.82 Å². The molecule has 0 fully saturated rings. The molecule has 30 heavy (non-hydrogen) atoms. The summed E-state index contributed by atoms with van der Waals surface area (Å²) in [7, 11) is 0. The van der Waals surface area contributed by atoms with E-state index in [-0.39, 0.29) is 18.0 Å². The van der Waals surface area contributed by atoms with E-state index in [2.05, 4.69) is 20.6 Å². The molecule has 0 saturated heterocycles. The topological polar surface area (TPSA) is 86.9 Å². The number of halogens is 3. The fourth-order valence-corrected chi connectivity index (χ4v) is 4.27. The molecule has 6 nitrogen and oxygen atoms in total. The molecule has 2 amide bonds. The largest absolute Gasteiger partial charge is 0.416 e. The van der Waals surface area contributed by atoms with E-state index < -0.39 is 28.9 Å². The molecule has 1 aliphatic heterocycles. The Bertz CT molecular complexity index is 1100. The summed E-state index contributed by atoms with van der Waals surface area (Å²) in [5, 5.41) is 4.54. The second-order valence-electron chi connectivity index (χ2n) is 6.94. The van der Waals surface area contributed by atoms with Crippen molar-refractivity contribution in [3.8, 4) is 0 Å². The van der Waals surface area contributed by atoms with Crippen LogP contribution in [0, 0.1) is 0 Å². The van der Waals surface area contributed by atoms with Gasteiger partial charge < -0.3 is 15.6 Å². The molecule has 2 heterocycles. The molecule has 1 aromatic heterocycles. The normalized spacial score (nSPS) is 17.3. The van der Waals surface area contributed by atoms with Crippen LogP contribution in [0.1, 0.15) is 30.8 Å². The number of thioether (sulfide) groups is 1. The van der Waals surface area contributed by atoms with Crippen LogP contribution in [0.15, 0.2) is 47.4 Å². The number of hydrogen-bond donors (Lipinski definition) is 3. The van der Waals surface area contributed by atoms with Crippen molar-refractivity contribution in [2.75, 3.05) is 5.32 Å². The number of benzene rings is 2. The molecule has 10 heteroatoms. The van der Waals surface area contributed by atoms with Gasteiger partial charge in [-0.15, -0.1) is 11.8 Å². The molecule has 2 aromatic carbocycles. The SMILES string of the molecule is C[C@H](NC(=O)C[C@@H]1Sc2ccc(C(F)(F)F)cc2NC1=O)c1nc2ccccc2[nH]1. The second-order valence-corrected chi connectivity index (χ2v) is 8.18. The standard InChI is InChI=1S/C20H17F3N4O2S/c1-10(18-25-12-4-2-3-5-13(12)26-18)24-17(28)9-16-19(29)27-14-8-11(20(21,22)23)6-7-15(14)30-16/h2-8,10,16H,9H2,1H3,(H,24,28)(H,25,26)(H,27,29)/t10-,16-/m0/s1. The minimum absolute atomic E-state index is 0.104. The number of rotatable bonds is 4. The summed E-state index contributed by atoms with van der Waals surface area (Å²) in [5.41, 5.74) is 0.904. The van der Waals surface area contributed by atoms with Crippen LogP contribution in [-0.2, 0) is 15.8 Å². The van der Waals surface area contributed by atoms with Gasteiger partial charge in [0.25, 0.3) is 0 Å². The molecule has 0 unspecified atom stereocenters. The van der Waals surface area contributed by atoms with Gasteiger partial charge in [0.05, 0.1) is 33.6 Å². The smallest absolute Gasteiger partial charge is 0.346 e. The Morgan fingerprint density at radius 2 is 2.03 bits per heavy atom. The van der Waals surface area contributed by atoms with Gasteiger partial charge in [0, 0.05) is 11.3 Å². The highest BCUT2D eigenvalue weighted by Crippen LogP contribution is 2.40. The Kier molecular flexibility index (Phi) is 5.19. The van der Waals surface area contributed by atoms with Crippen molar-refractivity contribution in [1.82, 2.24) is 15.3 Å². The highest BCUT2D eigenvalue weighted by atomic mass is 32.2. The zero-order valence-electron chi connectivity index (χ0n) is 15.7. The summed E-state index contributed by atoms with van der Waals surface area (Å²) in [6.07, 6.45) is -4.60. The Labute approximate surface area is 173 Å². The first-order valence-electron chi connectivity index (χ1n) is 9.13. The molecule has 0 bridgehead atoms. The van der Waals surface area contributed by atoms with Gasteiger partial charge in [-0.25, -0.2) is 4.98 Å². The Morgan fingerprint density at radius 3 is 2.77 bits per heavy atom. The third-order valence-electron chi connectivity index (χ3n) is 4.69. The van der Waals surface area contributed by atoms with Crippen LogP contribution >= 0.6 is 11.8 Å². The maximum absolute atomic E-state index is 12.9. The lowest BCUT2D eigenvalue weighted by atomic mass is 10.1. The molecule has 3 aromatic rings. The first-order valence-corrected chi connectivity index (χ1v) is 10.0. The molecule has 0 spiro atoms. The zero-order valence-corrected chi connectivity index (χ0v) is 16.5. The van der Waals surface area contributed by atoms with E-state index in [1.54, 1.807) is 6.92 Å². The number of aromatic amines is 1. The molecule has 0 saturated carbocycles. The molecule has 1 aliphatic rings. The van der Waals surface area contributed by atoms with Crippen molar-refractivity contribution < 1.29 is 22.8 Å². The van der Waals surface area contributed by atoms with Crippen LogP contribution in [0.4, 0.5) is 18.9 Å². The number of imidazole rings is 1. The Balaban J connectivity index is 1.41. The van der Waals surface area contributed by atoms with Crippen LogP contribution in [0.5, 0.6) is 0 Å². The Morgan fingerprint density at radius 1 is 1.27 bits per heavy atom. The van der Waals surface area contributed by atoms with Crippen LogP contribution in [0.3, 0.4) is 0 Å². The maximum Gasteiger partial charge on any atom is 0.416 e. The van der Waals surface area contributed by atoms with Crippen LogP contribution in [-0.4, -0.2) is 27.0 Å². The van der Waals surface area contributed by atoms with Gasteiger partial charge in [-0.1, -0.05) is 12.1 Å². The van der Waals surface area contributed by atoms with Crippen molar-refractivity contribution in [2.24, 2.45) is 0 Å². The van der Waals surface area contributed by atoms with Crippen molar-refractivity contribution in [1.29, 1.82) is 0 Å². The van der Waals surface area contributed by atoms with Crippen molar-refractivity contribution in [3.05, 3.63) is 53.9 Å². The fraction of sp³-hybridized carbons (Fsp3) is 0.250. The average Bonchev–Trinajstić information content (AvgIpc) is 3.12. The molecule has 0 aliphatic carbocycles. The van der Waals surface area contributed by atoms with E-state index in [1.165, 1.54) is 6.07 Å². The van der Waals surface area contributed by atoms with E-state index in [9.17, 15) is 22.8 Å². The molecule has 3 N–H and O–H groups in total. The number of anilines is 1. The molecular formula is C20H17F3N4O2S. The van der Waals surface area contributed by atoms with Crippen LogP contribution < -0.4 is 10.6 Å². The predicted octanol–water partition coefficient (Wildman–Crippen LogP) is 4.26. The fourth-order valence-electron chi connectivity index (χ4n) is 3.18. The van der Waals surface area contributed by atoms with Crippen LogP contribution in [0.25, 0.3) is 11.0 Å². The van der Waals surface area contributed by atoms with E-state index >= 15 is 0 Å². The number of nitrogens with zero attached hydrogens (tertiary/aromatic N) is 1. The van der Waals surface area contributed by atoms with Gasteiger partial charge in [-0.3, -0.25) is 9.59 Å². The zero-order chi connectivity index (χ0) is 21.5. The number of H-pyrrole nitrogens is 1. The number of alkyl halides is 3. The summed E-state index contributed by atoms with van der Waals surface area (Å²) < 4.78 is 38.6. The lowest BCUT2D eigenvalue weighted by molar-refractivity contribution is -0.137. The van der Waals surface area contributed by atoms with Crippen molar-refractivity contribution in [3.63, 3.8) is 0 Å². The number of hydrogen-bond acceptors (Lipinski definition) is 4. The lowest BCUT2D eigenvalue weighted by Crippen LogP contribution is -2.36. The first-order chi connectivity index (χ1) is 14.2. The summed E-state index contributed by atoms with van der Waals surface area (Å²) in [6, 6.07) is 10.3. The van der Waals surface area contributed by atoms with Gasteiger partial charge in [-0.05, 0) is 37.3 Å². The number of aromatic nitrogens is 2. The van der Waals surface area contributed by atoms with E-state index in [0.29, 0.717) is 10.7 Å². The number of carbonyl (C=O) groups excluding carboxylic acids is 2. The summed E-state index contributed by atoms with van der Waals surface area (Å²) in [5.74, 6) is -0.264. The second kappa shape index (κ2) is 7.67. The first kappa shape index (κ1) is 20.3. The highest BCUT2D eigenvalue weighted by molar-refractivity contribution is 8.01. The van der Waals surface area contributed by atoms with Gasteiger partial charge in [-0.2, -0.15) is 13.2 Å². The minimum atomic E-state index is -4.49. The van der Waals surface area contributed by atoms with E-state index in [4.69, 9.17) is 0 Å². The molecule has 0 radical (unpaired) electrons. The van der Waals surface area contributed by atoms with Crippen molar-refractivity contribution in [2.45, 2.75) is 35.7 Å². The lowest BCUT2D eigenvalue weighted by Gasteiger charge is -2.25. The maximum atomic E-state index is 12.9. The van der Waals surface area contributed by atoms with E-state index in [1.807, 2.05) is 24.3 Å². The molecule has 156 valence electrons. The minimum Gasteiger partial charge on any atom is -0.346 e. The number of nitrogens with one attached hydrogen (secondary N) is 3. The van der Waals surface area contributed by atoms with Gasteiger partial charge >= 0.3 is 6.18 Å². The summed E-state index contributed by atoms with van der Waals surface area (Å²) in [4.78, 5) is 32.8. The summed E-state index contributed by atoms with van der Waals surface area (Å²) in [6.45, 7) is 1.78. The molecule has 4 rings (SSSR count). The monoisotopic (exact) mass is 434 g/mol. The summed E-state index contributed by atoms with van der Waals surface area (Å²) >= 11 is 1.08. The molecular weight excluding hydrogens is 417 g/mol. The predicted molar refractivity (Wildman–Crippen MR) is 107 cm³/mol. The molecule has 2 atom stereocenters. The van der Waals surface area contributed by atoms with E-state index in [0.717, 1.165) is 34.9 Å². The number of amides is 2. The average molecular weight is 434 g/mol. The number of carbonyl (C=O) groups is 2. The highest BCUT2D eigenvalue weighted by Gasteiger charge is 2.34. The van der Waals surface area contributed by atoms with Crippen LogP contribution in [0.2, 0.25) is 0 Å². The van der Waals surface area contributed by atoms with Gasteiger partial charge in [0.15, 0.2) is 0 Å². The number of fused-ring (bicyclic) bond motifs is 2. The third-order valence-corrected chi connectivity index (χ3v) is 5.97. The Hall–Kier alpha value is -3.01. The van der Waals surface area contributed by atoms with Crippen molar-refractivity contribution >= 4 is 40.3 Å². The quantitative estimate of drug-likeness (QED) is 0.573. The number of para-hydroxylation sites is 2. The van der Waals surface area contributed by atoms with Gasteiger partial charge in [0.2, 0.25) is 11.8 Å².